The van der Waals surface area contributed by atoms with Crippen LogP contribution in [0.25, 0.3) is 0 Å². The lowest BCUT2D eigenvalue weighted by Crippen LogP contribution is -2.12. The van der Waals surface area contributed by atoms with Crippen molar-refractivity contribution in [1.82, 2.24) is 0 Å². The summed E-state index contributed by atoms with van der Waals surface area (Å²) in [6, 6.07) is 14.0. The number of nitriles is 1. The van der Waals surface area contributed by atoms with Gasteiger partial charge in [-0.1, -0.05) is 12.1 Å². The van der Waals surface area contributed by atoms with E-state index in [0.717, 1.165) is 24.2 Å². The van der Waals surface area contributed by atoms with E-state index in [-0.39, 0.29) is 5.82 Å². The van der Waals surface area contributed by atoms with Crippen LogP contribution in [-0.4, -0.2) is 13.6 Å². The third kappa shape index (κ3) is 2.68. The first-order valence-electron chi connectivity index (χ1n) is 6.93. The maximum Gasteiger partial charge on any atom is 0.140 e. The lowest BCUT2D eigenvalue weighted by Gasteiger charge is -2.16. The van der Waals surface area contributed by atoms with Crippen molar-refractivity contribution in [2.75, 3.05) is 23.8 Å². The fourth-order valence-corrected chi connectivity index (χ4v) is 2.67. The van der Waals surface area contributed by atoms with E-state index in [1.54, 1.807) is 12.1 Å². The molecule has 1 atom stereocenters. The number of likely N-dealkylation sites (N-methyl/N-ethyl adjacent to an activating group) is 1. The van der Waals surface area contributed by atoms with E-state index in [2.05, 4.69) is 35.5 Å². The normalized spacial score (nSPS) is 14.4. The van der Waals surface area contributed by atoms with Crippen molar-refractivity contribution in [2.24, 2.45) is 0 Å². The van der Waals surface area contributed by atoms with Crippen LogP contribution in [0.2, 0.25) is 0 Å². The van der Waals surface area contributed by atoms with Crippen molar-refractivity contribution in [1.29, 1.82) is 5.26 Å². The number of rotatable bonds is 3. The molecule has 1 aliphatic heterocycles. The molecule has 1 aliphatic rings. The highest BCUT2D eigenvalue weighted by atomic mass is 19.1. The monoisotopic (exact) mass is 281 g/mol. The second kappa shape index (κ2) is 5.45. The standard InChI is InChI=1S/C17H16FN3/c1-21-9-8-13-10-12(2-7-17(13)21)16(11-19)20-15-5-3-14(18)4-6-15/h2-7,10,16,20H,8-9H2,1H3. The Hall–Kier alpha value is -2.54. The van der Waals surface area contributed by atoms with Gasteiger partial charge in [0.1, 0.15) is 11.9 Å². The summed E-state index contributed by atoms with van der Waals surface area (Å²) in [6.45, 7) is 1.02. The largest absolute Gasteiger partial charge is 0.374 e. The fraction of sp³-hybridized carbons (Fsp3) is 0.235. The molecular weight excluding hydrogens is 265 g/mol. The molecular formula is C17H16FN3. The van der Waals surface area contributed by atoms with E-state index in [1.807, 2.05) is 6.07 Å². The van der Waals surface area contributed by atoms with Crippen LogP contribution >= 0.6 is 0 Å². The van der Waals surface area contributed by atoms with Crippen molar-refractivity contribution in [2.45, 2.75) is 12.5 Å². The van der Waals surface area contributed by atoms with E-state index < -0.39 is 6.04 Å². The van der Waals surface area contributed by atoms with Crippen LogP contribution in [-0.2, 0) is 6.42 Å². The first-order chi connectivity index (χ1) is 10.2. The molecule has 0 radical (unpaired) electrons. The highest BCUT2D eigenvalue weighted by Gasteiger charge is 2.18. The van der Waals surface area contributed by atoms with Gasteiger partial charge in [-0.15, -0.1) is 0 Å². The van der Waals surface area contributed by atoms with Gasteiger partial charge in [-0.3, -0.25) is 0 Å². The predicted octanol–water partition coefficient (Wildman–Crippen LogP) is 3.49. The summed E-state index contributed by atoms with van der Waals surface area (Å²) in [5.41, 5.74) is 4.19. The Bertz CT molecular complexity index is 688. The van der Waals surface area contributed by atoms with E-state index in [0.29, 0.717) is 0 Å². The van der Waals surface area contributed by atoms with Crippen LogP contribution in [0.5, 0.6) is 0 Å². The second-order valence-electron chi connectivity index (χ2n) is 5.27. The average Bonchev–Trinajstić information content (AvgIpc) is 2.87. The van der Waals surface area contributed by atoms with Crippen LogP contribution in [0, 0.1) is 17.1 Å². The number of halogens is 1. The Balaban J connectivity index is 1.84. The number of hydrogen-bond donors (Lipinski definition) is 1. The zero-order chi connectivity index (χ0) is 14.8. The Kier molecular flexibility index (Phi) is 3.49. The number of fused-ring (bicyclic) bond motifs is 1. The summed E-state index contributed by atoms with van der Waals surface area (Å²) >= 11 is 0. The lowest BCUT2D eigenvalue weighted by molar-refractivity contribution is 0.628. The number of hydrogen-bond acceptors (Lipinski definition) is 3. The van der Waals surface area contributed by atoms with Gasteiger partial charge in [0.2, 0.25) is 0 Å². The first kappa shape index (κ1) is 13.4. The van der Waals surface area contributed by atoms with Crippen molar-refractivity contribution in [3.05, 3.63) is 59.4 Å². The molecule has 2 aromatic carbocycles. The van der Waals surface area contributed by atoms with Crippen LogP contribution < -0.4 is 10.2 Å². The summed E-state index contributed by atoms with van der Waals surface area (Å²) in [4.78, 5) is 2.22. The molecule has 0 spiro atoms. The number of nitrogens with zero attached hydrogens (tertiary/aromatic N) is 2. The molecule has 0 aliphatic carbocycles. The van der Waals surface area contributed by atoms with Gasteiger partial charge in [-0.2, -0.15) is 5.26 Å². The molecule has 0 bridgehead atoms. The Labute approximate surface area is 123 Å². The Morgan fingerprint density at radius 3 is 2.71 bits per heavy atom. The van der Waals surface area contributed by atoms with Gasteiger partial charge in [0.15, 0.2) is 0 Å². The van der Waals surface area contributed by atoms with Gasteiger partial charge in [0.25, 0.3) is 0 Å². The smallest absolute Gasteiger partial charge is 0.140 e. The quantitative estimate of drug-likeness (QED) is 0.936. The maximum atomic E-state index is 12.9. The Morgan fingerprint density at radius 2 is 2.00 bits per heavy atom. The van der Waals surface area contributed by atoms with Crippen LogP contribution in [0.3, 0.4) is 0 Å². The van der Waals surface area contributed by atoms with Crippen LogP contribution in [0.1, 0.15) is 17.2 Å². The fourth-order valence-electron chi connectivity index (χ4n) is 2.67. The molecule has 0 saturated carbocycles. The van der Waals surface area contributed by atoms with Crippen LogP contribution in [0.4, 0.5) is 15.8 Å². The molecule has 106 valence electrons. The van der Waals surface area contributed by atoms with Gasteiger partial charge in [-0.05, 0) is 47.9 Å². The molecule has 3 nitrogen and oxygen atoms in total. The predicted molar refractivity (Wildman–Crippen MR) is 81.8 cm³/mol. The molecule has 0 saturated heterocycles. The van der Waals surface area contributed by atoms with Gasteiger partial charge in [0.05, 0.1) is 6.07 Å². The van der Waals surface area contributed by atoms with E-state index in [9.17, 15) is 9.65 Å². The van der Waals surface area contributed by atoms with Crippen molar-refractivity contribution < 1.29 is 4.39 Å². The second-order valence-corrected chi connectivity index (χ2v) is 5.27. The summed E-state index contributed by atoms with van der Waals surface area (Å²) in [5, 5.41) is 12.5. The molecule has 0 aromatic heterocycles. The summed E-state index contributed by atoms with van der Waals surface area (Å²) < 4.78 is 12.9. The molecule has 1 N–H and O–H groups in total. The minimum absolute atomic E-state index is 0.283. The molecule has 4 heteroatoms. The maximum absolute atomic E-state index is 12.9. The van der Waals surface area contributed by atoms with E-state index in [1.165, 1.54) is 23.4 Å². The molecule has 1 unspecified atom stereocenters. The SMILES string of the molecule is CN1CCc2cc(C(C#N)Nc3ccc(F)cc3)ccc21. The first-order valence-corrected chi connectivity index (χ1v) is 6.93. The molecule has 2 aromatic rings. The van der Waals surface area contributed by atoms with Crippen LogP contribution in [0.15, 0.2) is 42.5 Å². The summed E-state index contributed by atoms with van der Waals surface area (Å²) in [7, 11) is 2.07. The average molecular weight is 281 g/mol. The zero-order valence-corrected chi connectivity index (χ0v) is 11.8. The van der Waals surface area contributed by atoms with Crippen molar-refractivity contribution >= 4 is 11.4 Å². The van der Waals surface area contributed by atoms with E-state index >= 15 is 0 Å². The number of benzene rings is 2. The minimum atomic E-state index is -0.438. The van der Waals surface area contributed by atoms with Crippen molar-refractivity contribution in [3.63, 3.8) is 0 Å². The third-order valence-corrected chi connectivity index (χ3v) is 3.85. The van der Waals surface area contributed by atoms with Crippen molar-refractivity contribution in [3.8, 4) is 6.07 Å². The topological polar surface area (TPSA) is 39.1 Å². The Morgan fingerprint density at radius 1 is 1.24 bits per heavy atom. The van der Waals surface area contributed by atoms with Gasteiger partial charge >= 0.3 is 0 Å². The number of anilines is 2. The minimum Gasteiger partial charge on any atom is -0.374 e. The molecule has 0 amide bonds. The van der Waals surface area contributed by atoms with Gasteiger partial charge in [-0.25, -0.2) is 4.39 Å². The summed E-state index contributed by atoms with van der Waals surface area (Å²) in [6.07, 6.45) is 1.01. The zero-order valence-electron chi connectivity index (χ0n) is 11.8. The van der Waals surface area contributed by atoms with Gasteiger partial charge in [0, 0.05) is 25.0 Å². The highest BCUT2D eigenvalue weighted by Crippen LogP contribution is 2.30. The summed E-state index contributed by atoms with van der Waals surface area (Å²) in [5.74, 6) is -0.283. The molecule has 3 rings (SSSR count). The number of nitrogens with one attached hydrogen (secondary N) is 1. The molecule has 0 fully saturated rings. The molecule has 21 heavy (non-hydrogen) atoms. The third-order valence-electron chi connectivity index (χ3n) is 3.85. The highest BCUT2D eigenvalue weighted by molar-refractivity contribution is 5.60. The molecule has 1 heterocycles. The lowest BCUT2D eigenvalue weighted by atomic mass is 10.0. The van der Waals surface area contributed by atoms with Gasteiger partial charge < -0.3 is 10.2 Å². The van der Waals surface area contributed by atoms with E-state index in [4.69, 9.17) is 0 Å².